The zero-order valence-electron chi connectivity index (χ0n) is 20.9. The Kier molecular flexibility index (Phi) is 7.30. The molecule has 0 saturated heterocycles. The first-order valence-electron chi connectivity index (χ1n) is 11.7. The molecule has 0 spiro atoms. The average molecular weight is 486 g/mol. The van der Waals surface area contributed by atoms with E-state index in [2.05, 4.69) is 25.5 Å². The van der Waals surface area contributed by atoms with Crippen molar-refractivity contribution in [2.24, 2.45) is 17.8 Å². The SMILES string of the molecule is CCOc1cc(-c2nncn2C)ccc1Nc1cc2cc(C(C=NCC(C)(C)O)=CN)ccc2cn1. The lowest BCUT2D eigenvalue weighted by atomic mass is 10.0. The molecule has 0 unspecified atom stereocenters. The lowest BCUT2D eigenvalue weighted by Gasteiger charge is -2.14. The minimum atomic E-state index is -0.876. The van der Waals surface area contributed by atoms with Gasteiger partial charge in [-0.1, -0.05) is 12.1 Å². The molecule has 2 aromatic heterocycles. The van der Waals surface area contributed by atoms with Gasteiger partial charge in [0.25, 0.3) is 0 Å². The van der Waals surface area contributed by atoms with Gasteiger partial charge in [0.1, 0.15) is 17.9 Å². The number of nitrogens with zero attached hydrogens (tertiary/aromatic N) is 5. The average Bonchev–Trinajstić information content (AvgIpc) is 3.28. The first-order valence-corrected chi connectivity index (χ1v) is 11.7. The molecule has 0 fully saturated rings. The predicted octanol–water partition coefficient (Wildman–Crippen LogP) is 4.31. The van der Waals surface area contributed by atoms with Gasteiger partial charge in [-0.3, -0.25) is 4.99 Å². The van der Waals surface area contributed by atoms with Crippen molar-refractivity contribution in [3.63, 3.8) is 0 Å². The molecule has 4 rings (SSSR count). The molecule has 2 heterocycles. The van der Waals surface area contributed by atoms with E-state index in [-0.39, 0.29) is 6.54 Å². The Balaban J connectivity index is 1.62. The number of benzene rings is 2. The molecule has 4 N–H and O–H groups in total. The van der Waals surface area contributed by atoms with Crippen LogP contribution in [0.25, 0.3) is 27.7 Å². The number of aryl methyl sites for hydroxylation is 1. The van der Waals surface area contributed by atoms with Crippen molar-refractivity contribution < 1.29 is 9.84 Å². The Morgan fingerprint density at radius 2 is 2.03 bits per heavy atom. The van der Waals surface area contributed by atoms with Gasteiger partial charge in [-0.05, 0) is 62.1 Å². The van der Waals surface area contributed by atoms with E-state index in [4.69, 9.17) is 10.5 Å². The molecule has 0 bridgehead atoms. The van der Waals surface area contributed by atoms with Crippen LogP contribution < -0.4 is 15.8 Å². The van der Waals surface area contributed by atoms with Crippen LogP contribution in [0.3, 0.4) is 0 Å². The summed E-state index contributed by atoms with van der Waals surface area (Å²) in [6.07, 6.45) is 6.69. The summed E-state index contributed by atoms with van der Waals surface area (Å²) < 4.78 is 7.76. The number of aliphatic hydroxyl groups is 1. The molecule has 0 aliphatic carbocycles. The largest absolute Gasteiger partial charge is 0.492 e. The van der Waals surface area contributed by atoms with Gasteiger partial charge in [-0.2, -0.15) is 0 Å². The van der Waals surface area contributed by atoms with E-state index in [0.29, 0.717) is 18.2 Å². The van der Waals surface area contributed by atoms with Crippen molar-refractivity contribution >= 4 is 34.1 Å². The molecular formula is C27H31N7O2. The maximum Gasteiger partial charge on any atom is 0.163 e. The van der Waals surface area contributed by atoms with Crippen LogP contribution in [-0.4, -0.2) is 49.8 Å². The fourth-order valence-corrected chi connectivity index (χ4v) is 3.69. The lowest BCUT2D eigenvalue weighted by molar-refractivity contribution is 0.0906. The molecule has 9 nitrogen and oxygen atoms in total. The summed E-state index contributed by atoms with van der Waals surface area (Å²) in [5, 5.41) is 23.4. The van der Waals surface area contributed by atoms with Crippen LogP contribution in [0.2, 0.25) is 0 Å². The van der Waals surface area contributed by atoms with Crippen LogP contribution in [0.15, 0.2) is 66.2 Å². The van der Waals surface area contributed by atoms with Crippen molar-refractivity contribution in [2.75, 3.05) is 18.5 Å². The van der Waals surface area contributed by atoms with E-state index < -0.39 is 5.60 Å². The van der Waals surface area contributed by atoms with Crippen molar-refractivity contribution in [1.82, 2.24) is 19.7 Å². The highest BCUT2D eigenvalue weighted by molar-refractivity contribution is 6.10. The second-order valence-corrected chi connectivity index (χ2v) is 9.07. The zero-order chi connectivity index (χ0) is 25.7. The highest BCUT2D eigenvalue weighted by atomic mass is 16.5. The maximum absolute atomic E-state index is 9.90. The van der Waals surface area contributed by atoms with Gasteiger partial charge in [-0.15, -0.1) is 10.2 Å². The summed E-state index contributed by atoms with van der Waals surface area (Å²) in [4.78, 5) is 8.90. The first-order chi connectivity index (χ1) is 17.3. The van der Waals surface area contributed by atoms with Crippen LogP contribution in [0.1, 0.15) is 26.3 Å². The molecule has 2 aromatic carbocycles. The third-order valence-corrected chi connectivity index (χ3v) is 5.46. The van der Waals surface area contributed by atoms with Gasteiger partial charge in [-0.25, -0.2) is 4.98 Å². The highest BCUT2D eigenvalue weighted by Crippen LogP contribution is 2.32. The third kappa shape index (κ3) is 5.87. The van der Waals surface area contributed by atoms with E-state index >= 15 is 0 Å². The molecule has 0 radical (unpaired) electrons. The Bertz CT molecular complexity index is 1420. The van der Waals surface area contributed by atoms with Crippen molar-refractivity contribution in [3.05, 3.63) is 66.8 Å². The molecule has 0 atom stereocenters. The summed E-state index contributed by atoms with van der Waals surface area (Å²) in [6, 6.07) is 13.9. The predicted molar refractivity (Wildman–Crippen MR) is 144 cm³/mol. The fraction of sp³-hybridized carbons (Fsp3) is 0.259. The summed E-state index contributed by atoms with van der Waals surface area (Å²) in [7, 11) is 1.90. The second-order valence-electron chi connectivity index (χ2n) is 9.07. The molecular weight excluding hydrogens is 454 g/mol. The van der Waals surface area contributed by atoms with E-state index in [9.17, 15) is 5.11 Å². The number of aromatic nitrogens is 4. The molecule has 0 aliphatic heterocycles. The highest BCUT2D eigenvalue weighted by Gasteiger charge is 2.12. The summed E-state index contributed by atoms with van der Waals surface area (Å²) in [5.41, 5.74) is 8.39. The number of hydrogen-bond acceptors (Lipinski definition) is 8. The molecule has 0 saturated carbocycles. The zero-order valence-corrected chi connectivity index (χ0v) is 20.9. The second kappa shape index (κ2) is 10.6. The quantitative estimate of drug-likeness (QED) is 0.302. The Labute approximate surface area is 210 Å². The molecule has 0 amide bonds. The van der Waals surface area contributed by atoms with Crippen LogP contribution in [-0.2, 0) is 7.05 Å². The van der Waals surface area contributed by atoms with Gasteiger partial charge >= 0.3 is 0 Å². The van der Waals surface area contributed by atoms with Crippen molar-refractivity contribution in [2.45, 2.75) is 26.4 Å². The number of pyridine rings is 1. The molecule has 9 heteroatoms. The number of allylic oxidation sites excluding steroid dienone is 1. The van der Waals surface area contributed by atoms with Gasteiger partial charge in [0.2, 0.25) is 0 Å². The Morgan fingerprint density at radius 1 is 1.19 bits per heavy atom. The van der Waals surface area contributed by atoms with Crippen LogP contribution in [0, 0.1) is 0 Å². The number of nitrogens with two attached hydrogens (primary N) is 1. The lowest BCUT2D eigenvalue weighted by Crippen LogP contribution is -2.22. The monoisotopic (exact) mass is 485 g/mol. The number of rotatable bonds is 9. The van der Waals surface area contributed by atoms with Crippen molar-refractivity contribution in [3.8, 4) is 17.1 Å². The van der Waals surface area contributed by atoms with Crippen LogP contribution >= 0.6 is 0 Å². The van der Waals surface area contributed by atoms with E-state index in [0.717, 1.165) is 39.0 Å². The van der Waals surface area contributed by atoms with Crippen LogP contribution in [0.5, 0.6) is 5.75 Å². The fourth-order valence-electron chi connectivity index (χ4n) is 3.69. The third-order valence-electron chi connectivity index (χ3n) is 5.46. The van der Waals surface area contributed by atoms with E-state index in [1.165, 1.54) is 6.20 Å². The van der Waals surface area contributed by atoms with Gasteiger partial charge < -0.3 is 25.5 Å². The number of nitrogens with one attached hydrogen (secondary N) is 1. The van der Waals surface area contributed by atoms with Gasteiger partial charge in [0, 0.05) is 42.2 Å². The van der Waals surface area contributed by atoms with Crippen LogP contribution in [0.4, 0.5) is 11.5 Å². The minimum Gasteiger partial charge on any atom is -0.492 e. The van der Waals surface area contributed by atoms with Gasteiger partial charge in [0.15, 0.2) is 5.82 Å². The topological polar surface area (TPSA) is 123 Å². The number of anilines is 2. The number of ether oxygens (including phenoxy) is 1. The minimum absolute atomic E-state index is 0.285. The summed E-state index contributed by atoms with van der Waals surface area (Å²) in [6.45, 7) is 6.19. The molecule has 0 aliphatic rings. The van der Waals surface area contributed by atoms with Gasteiger partial charge in [0.05, 0.1) is 24.4 Å². The van der Waals surface area contributed by atoms with Crippen molar-refractivity contribution in [1.29, 1.82) is 0 Å². The smallest absolute Gasteiger partial charge is 0.163 e. The summed E-state index contributed by atoms with van der Waals surface area (Å²) >= 11 is 0. The Morgan fingerprint density at radius 3 is 2.72 bits per heavy atom. The first kappa shape index (κ1) is 24.9. The number of fused-ring (bicyclic) bond motifs is 1. The summed E-state index contributed by atoms with van der Waals surface area (Å²) in [5.74, 6) is 2.14. The normalized spacial score (nSPS) is 12.4. The number of hydrogen-bond donors (Lipinski definition) is 3. The number of aliphatic imine (C=N–C) groups is 1. The van der Waals surface area contributed by atoms with E-state index in [1.807, 2.05) is 67.2 Å². The molecule has 186 valence electrons. The standard InChI is InChI=1S/C27H31N7O2/c1-5-36-24-11-19(26-33-31-17-34(26)4)8-9-23(24)32-25-12-21-10-18(6-7-20(21)15-30-25)22(13-28)14-29-16-27(2,3)35/h6-15,17,35H,5,16,28H2,1-4H3,(H,30,32). The maximum atomic E-state index is 9.90. The molecule has 4 aromatic rings. The Hall–Kier alpha value is -4.24. The molecule has 36 heavy (non-hydrogen) atoms. The van der Waals surface area contributed by atoms with E-state index in [1.54, 1.807) is 26.4 Å².